The van der Waals surface area contributed by atoms with Crippen LogP contribution in [0.15, 0.2) is 12.4 Å². The molecule has 0 saturated carbocycles. The fourth-order valence-electron chi connectivity index (χ4n) is 1.34. The van der Waals surface area contributed by atoms with E-state index in [1.807, 2.05) is 13.8 Å². The average Bonchev–Trinajstić information content (AvgIpc) is 2.27. The Morgan fingerprint density at radius 3 is 2.56 bits per heavy atom. The maximum atomic E-state index is 5.52. The maximum Gasteiger partial charge on any atom is 0.235 e. The van der Waals surface area contributed by atoms with E-state index >= 15 is 0 Å². The lowest BCUT2D eigenvalue weighted by molar-refractivity contribution is 0.224. The first-order valence-corrected chi connectivity index (χ1v) is 6.43. The van der Waals surface area contributed by atoms with Gasteiger partial charge in [0, 0.05) is 6.04 Å². The predicted octanol–water partition coefficient (Wildman–Crippen LogP) is 2.03. The van der Waals surface area contributed by atoms with Crippen LogP contribution in [-0.4, -0.2) is 35.3 Å². The molecule has 1 aromatic rings. The van der Waals surface area contributed by atoms with Crippen LogP contribution in [0.1, 0.15) is 34.1 Å². The molecule has 1 N–H and O–H groups in total. The van der Waals surface area contributed by atoms with Crippen LogP contribution >= 0.6 is 0 Å². The van der Waals surface area contributed by atoms with Gasteiger partial charge in [-0.25, -0.2) is 0 Å². The number of nitrogens with one attached hydrogen (secondary N) is 1. The van der Waals surface area contributed by atoms with E-state index in [0.29, 0.717) is 24.4 Å². The monoisotopic (exact) mass is 253 g/mol. The number of nitrogens with zero attached hydrogens (tertiary/aromatic N) is 2. The van der Waals surface area contributed by atoms with Crippen molar-refractivity contribution in [2.24, 2.45) is 0 Å². The number of rotatable bonds is 8. The van der Waals surface area contributed by atoms with Gasteiger partial charge in [0.25, 0.3) is 0 Å². The van der Waals surface area contributed by atoms with E-state index < -0.39 is 0 Å². The molecule has 0 saturated heterocycles. The first-order chi connectivity index (χ1) is 8.58. The second kappa shape index (κ2) is 7.87. The summed E-state index contributed by atoms with van der Waals surface area (Å²) in [5, 5.41) is 3.33. The van der Waals surface area contributed by atoms with E-state index in [1.165, 1.54) is 0 Å². The first kappa shape index (κ1) is 14.7. The lowest BCUT2D eigenvalue weighted by Gasteiger charge is -2.10. The predicted molar refractivity (Wildman–Crippen MR) is 71.0 cm³/mol. The molecule has 5 nitrogen and oxygen atoms in total. The molecule has 0 aliphatic rings. The zero-order valence-corrected chi connectivity index (χ0v) is 11.6. The summed E-state index contributed by atoms with van der Waals surface area (Å²) >= 11 is 0. The van der Waals surface area contributed by atoms with E-state index in [4.69, 9.17) is 9.47 Å². The van der Waals surface area contributed by atoms with Gasteiger partial charge in [-0.3, -0.25) is 4.98 Å². The van der Waals surface area contributed by atoms with Gasteiger partial charge in [0.05, 0.1) is 25.1 Å². The second-order valence-corrected chi connectivity index (χ2v) is 4.67. The van der Waals surface area contributed by atoms with Gasteiger partial charge in [0.1, 0.15) is 0 Å². The summed E-state index contributed by atoms with van der Waals surface area (Å²) < 4.78 is 11.0. The van der Waals surface area contributed by atoms with Crippen LogP contribution in [-0.2, 0) is 0 Å². The van der Waals surface area contributed by atoms with Crippen molar-refractivity contribution in [2.75, 3.05) is 13.2 Å². The van der Waals surface area contributed by atoms with Gasteiger partial charge in [-0.1, -0.05) is 13.8 Å². The van der Waals surface area contributed by atoms with Crippen LogP contribution in [0.5, 0.6) is 11.8 Å². The van der Waals surface area contributed by atoms with Crippen LogP contribution in [0.3, 0.4) is 0 Å². The molecule has 0 spiro atoms. The molecular formula is C13H23N3O2. The minimum atomic E-state index is 0.0878. The minimum absolute atomic E-state index is 0.0878. The van der Waals surface area contributed by atoms with Gasteiger partial charge < -0.3 is 14.8 Å². The number of ether oxygens (including phenoxy) is 2. The van der Waals surface area contributed by atoms with E-state index in [-0.39, 0.29) is 6.10 Å². The second-order valence-electron chi connectivity index (χ2n) is 4.67. The van der Waals surface area contributed by atoms with Gasteiger partial charge in [-0.05, 0) is 26.8 Å². The number of aromatic nitrogens is 2. The topological polar surface area (TPSA) is 56.3 Å². The highest BCUT2D eigenvalue weighted by atomic mass is 16.5. The van der Waals surface area contributed by atoms with Crippen LogP contribution in [0, 0.1) is 0 Å². The van der Waals surface area contributed by atoms with Crippen molar-refractivity contribution in [3.05, 3.63) is 12.4 Å². The Kier molecular flexibility index (Phi) is 6.43. The van der Waals surface area contributed by atoms with Gasteiger partial charge in [-0.15, -0.1) is 0 Å². The van der Waals surface area contributed by atoms with Gasteiger partial charge >= 0.3 is 0 Å². The van der Waals surface area contributed by atoms with Crippen molar-refractivity contribution < 1.29 is 9.47 Å². The Hall–Kier alpha value is -1.36. The highest BCUT2D eigenvalue weighted by Crippen LogP contribution is 2.12. The lowest BCUT2D eigenvalue weighted by Crippen LogP contribution is -2.24. The van der Waals surface area contributed by atoms with E-state index in [2.05, 4.69) is 29.1 Å². The third-order valence-electron chi connectivity index (χ3n) is 2.07. The van der Waals surface area contributed by atoms with Crippen molar-refractivity contribution in [3.8, 4) is 11.8 Å². The normalized spacial score (nSPS) is 11.0. The zero-order chi connectivity index (χ0) is 13.4. The Balaban J connectivity index is 2.29. The summed E-state index contributed by atoms with van der Waals surface area (Å²) in [5.41, 5.74) is 0. The molecule has 0 fully saturated rings. The minimum Gasteiger partial charge on any atom is -0.476 e. The number of hydrogen-bond acceptors (Lipinski definition) is 5. The first-order valence-electron chi connectivity index (χ1n) is 6.43. The summed E-state index contributed by atoms with van der Waals surface area (Å²) in [6, 6.07) is 0.507. The fraction of sp³-hybridized carbons (Fsp3) is 0.692. The molecule has 0 bridgehead atoms. The van der Waals surface area contributed by atoms with Crippen LogP contribution in [0.2, 0.25) is 0 Å². The van der Waals surface area contributed by atoms with Crippen LogP contribution < -0.4 is 14.8 Å². The molecule has 0 aliphatic heterocycles. The van der Waals surface area contributed by atoms with Crippen molar-refractivity contribution in [1.82, 2.24) is 15.3 Å². The van der Waals surface area contributed by atoms with Gasteiger partial charge in [0.2, 0.25) is 11.8 Å². The SMILES string of the molecule is CC(C)NCCCOc1cncc(OC(C)C)n1. The molecule has 102 valence electrons. The molecule has 0 aliphatic carbocycles. The van der Waals surface area contributed by atoms with E-state index in [1.54, 1.807) is 12.4 Å². The molecule has 0 radical (unpaired) electrons. The van der Waals surface area contributed by atoms with Crippen molar-refractivity contribution >= 4 is 0 Å². The van der Waals surface area contributed by atoms with Crippen molar-refractivity contribution in [1.29, 1.82) is 0 Å². The van der Waals surface area contributed by atoms with E-state index in [9.17, 15) is 0 Å². The highest BCUT2D eigenvalue weighted by Gasteiger charge is 2.02. The van der Waals surface area contributed by atoms with Gasteiger partial charge in [0.15, 0.2) is 0 Å². The molecule has 0 atom stereocenters. The fourth-order valence-corrected chi connectivity index (χ4v) is 1.34. The standard InChI is InChI=1S/C13H23N3O2/c1-10(2)15-6-5-7-17-12-8-14-9-13(16-12)18-11(3)4/h8-11,15H,5-7H2,1-4H3. The zero-order valence-electron chi connectivity index (χ0n) is 11.6. The summed E-state index contributed by atoms with van der Waals surface area (Å²) in [5.74, 6) is 1.01. The summed E-state index contributed by atoms with van der Waals surface area (Å²) in [6.07, 6.45) is 4.22. The van der Waals surface area contributed by atoms with Crippen LogP contribution in [0.4, 0.5) is 0 Å². The Morgan fingerprint density at radius 2 is 1.89 bits per heavy atom. The molecule has 0 unspecified atom stereocenters. The largest absolute Gasteiger partial charge is 0.476 e. The Bertz CT molecular complexity index is 343. The summed E-state index contributed by atoms with van der Waals surface area (Å²) in [7, 11) is 0. The third-order valence-corrected chi connectivity index (χ3v) is 2.07. The average molecular weight is 253 g/mol. The molecular weight excluding hydrogens is 230 g/mol. The molecule has 0 amide bonds. The summed E-state index contributed by atoms with van der Waals surface area (Å²) in [6.45, 7) is 9.71. The third kappa shape index (κ3) is 6.39. The quantitative estimate of drug-likeness (QED) is 0.718. The lowest BCUT2D eigenvalue weighted by atomic mass is 10.3. The van der Waals surface area contributed by atoms with Crippen LogP contribution in [0.25, 0.3) is 0 Å². The van der Waals surface area contributed by atoms with Gasteiger partial charge in [-0.2, -0.15) is 4.98 Å². The smallest absolute Gasteiger partial charge is 0.235 e. The highest BCUT2D eigenvalue weighted by molar-refractivity contribution is 5.12. The Labute approximate surface area is 109 Å². The van der Waals surface area contributed by atoms with E-state index in [0.717, 1.165) is 13.0 Å². The molecule has 5 heteroatoms. The molecule has 1 heterocycles. The summed E-state index contributed by atoms with van der Waals surface area (Å²) in [4.78, 5) is 8.25. The molecule has 1 aromatic heterocycles. The van der Waals surface area contributed by atoms with Crippen molar-refractivity contribution in [2.45, 2.75) is 46.3 Å². The Morgan fingerprint density at radius 1 is 1.17 bits per heavy atom. The maximum absolute atomic E-state index is 5.52. The molecule has 1 rings (SSSR count). The number of hydrogen-bond donors (Lipinski definition) is 1. The molecule has 0 aromatic carbocycles. The van der Waals surface area contributed by atoms with Crippen molar-refractivity contribution in [3.63, 3.8) is 0 Å². The molecule has 18 heavy (non-hydrogen) atoms.